The highest BCUT2D eigenvalue weighted by atomic mass is 16.5. The van der Waals surface area contributed by atoms with Gasteiger partial charge in [-0.2, -0.15) is 0 Å². The van der Waals surface area contributed by atoms with Gasteiger partial charge in [-0.15, -0.1) is 0 Å². The van der Waals surface area contributed by atoms with Gasteiger partial charge in [0.25, 0.3) is 0 Å². The molecule has 2 rings (SSSR count). The van der Waals surface area contributed by atoms with Crippen molar-refractivity contribution in [1.29, 1.82) is 0 Å². The van der Waals surface area contributed by atoms with Crippen molar-refractivity contribution < 1.29 is 4.74 Å². The number of hydrogen-bond donors (Lipinski definition) is 1. The van der Waals surface area contributed by atoms with Crippen molar-refractivity contribution in [3.8, 4) is 0 Å². The predicted molar refractivity (Wildman–Crippen MR) is 76.9 cm³/mol. The molecule has 1 aromatic rings. The topological polar surface area (TPSA) is 61.0 Å². The molecule has 0 amide bonds. The Kier molecular flexibility index (Phi) is 3.81. The van der Waals surface area contributed by atoms with Crippen molar-refractivity contribution in [2.75, 3.05) is 12.8 Å². The Morgan fingerprint density at radius 1 is 1.16 bits per heavy atom. The van der Waals surface area contributed by atoms with Crippen molar-refractivity contribution in [3.63, 3.8) is 0 Å². The number of methoxy groups -OCH3 is 1. The Morgan fingerprint density at radius 3 is 2.32 bits per heavy atom. The average Bonchev–Trinajstić information content (AvgIpc) is 2.38. The SMILES string of the molecule is COC1(c2nc(N)cc(C(C)(C)C)n2)CCCCC1. The molecule has 0 aromatic carbocycles. The smallest absolute Gasteiger partial charge is 0.162 e. The Balaban J connectivity index is 2.46. The van der Waals surface area contributed by atoms with Crippen LogP contribution in [0.25, 0.3) is 0 Å². The van der Waals surface area contributed by atoms with Crippen LogP contribution in [-0.2, 0) is 15.8 Å². The van der Waals surface area contributed by atoms with Crippen molar-refractivity contribution in [2.45, 2.75) is 63.9 Å². The fourth-order valence-corrected chi connectivity index (χ4v) is 2.70. The van der Waals surface area contributed by atoms with Crippen molar-refractivity contribution >= 4 is 5.82 Å². The molecular weight excluding hydrogens is 238 g/mol. The number of hydrogen-bond acceptors (Lipinski definition) is 4. The monoisotopic (exact) mass is 263 g/mol. The lowest BCUT2D eigenvalue weighted by Gasteiger charge is -2.35. The van der Waals surface area contributed by atoms with Crippen molar-refractivity contribution in [1.82, 2.24) is 9.97 Å². The van der Waals surface area contributed by atoms with Gasteiger partial charge in [0.2, 0.25) is 0 Å². The number of anilines is 1. The maximum atomic E-state index is 5.97. The first-order chi connectivity index (χ1) is 8.87. The van der Waals surface area contributed by atoms with E-state index in [9.17, 15) is 0 Å². The van der Waals surface area contributed by atoms with Crippen LogP contribution >= 0.6 is 0 Å². The maximum absolute atomic E-state index is 5.97. The van der Waals surface area contributed by atoms with Crippen LogP contribution in [0, 0.1) is 0 Å². The summed E-state index contributed by atoms with van der Waals surface area (Å²) in [5.74, 6) is 1.30. The van der Waals surface area contributed by atoms with Gasteiger partial charge in [-0.25, -0.2) is 9.97 Å². The summed E-state index contributed by atoms with van der Waals surface area (Å²) in [7, 11) is 1.76. The summed E-state index contributed by atoms with van der Waals surface area (Å²) in [6.45, 7) is 6.41. The molecule has 4 nitrogen and oxygen atoms in total. The van der Waals surface area contributed by atoms with E-state index in [1.54, 1.807) is 7.11 Å². The molecule has 1 heterocycles. The molecular formula is C15H25N3O. The maximum Gasteiger partial charge on any atom is 0.162 e. The summed E-state index contributed by atoms with van der Waals surface area (Å²) >= 11 is 0. The highest BCUT2D eigenvalue weighted by Crippen LogP contribution is 2.39. The summed E-state index contributed by atoms with van der Waals surface area (Å²) in [6, 6.07) is 1.87. The van der Waals surface area contributed by atoms with E-state index in [-0.39, 0.29) is 11.0 Å². The van der Waals surface area contributed by atoms with Crippen LogP contribution < -0.4 is 5.73 Å². The number of nitrogens with zero attached hydrogens (tertiary/aromatic N) is 2. The van der Waals surface area contributed by atoms with E-state index in [1.165, 1.54) is 6.42 Å². The van der Waals surface area contributed by atoms with Gasteiger partial charge in [0.1, 0.15) is 11.4 Å². The first-order valence-electron chi connectivity index (χ1n) is 7.08. The lowest BCUT2D eigenvalue weighted by molar-refractivity contribution is -0.0516. The number of aromatic nitrogens is 2. The van der Waals surface area contributed by atoms with Crippen molar-refractivity contribution in [2.24, 2.45) is 0 Å². The molecule has 0 saturated heterocycles. The fraction of sp³-hybridized carbons (Fsp3) is 0.733. The second-order valence-corrected chi connectivity index (χ2v) is 6.51. The molecule has 0 bridgehead atoms. The van der Waals surface area contributed by atoms with Gasteiger partial charge >= 0.3 is 0 Å². The third-order valence-electron chi connectivity index (χ3n) is 3.97. The zero-order chi connectivity index (χ0) is 14.1. The van der Waals surface area contributed by atoms with E-state index >= 15 is 0 Å². The average molecular weight is 263 g/mol. The minimum Gasteiger partial charge on any atom is -0.384 e. The first-order valence-corrected chi connectivity index (χ1v) is 7.08. The molecule has 0 spiro atoms. The Morgan fingerprint density at radius 2 is 1.79 bits per heavy atom. The van der Waals surface area contributed by atoms with Crippen LogP contribution in [0.3, 0.4) is 0 Å². The predicted octanol–water partition coefficient (Wildman–Crippen LogP) is 3.16. The molecule has 1 fully saturated rings. The third kappa shape index (κ3) is 2.89. The van der Waals surface area contributed by atoms with Crippen LogP contribution in [0.1, 0.15) is 64.4 Å². The van der Waals surface area contributed by atoms with Crippen LogP contribution in [0.15, 0.2) is 6.07 Å². The number of rotatable bonds is 2. The number of ether oxygens (including phenoxy) is 1. The molecule has 19 heavy (non-hydrogen) atoms. The van der Waals surface area contributed by atoms with Crippen LogP contribution in [0.2, 0.25) is 0 Å². The van der Waals surface area contributed by atoms with E-state index < -0.39 is 0 Å². The standard InChI is InChI=1S/C15H25N3O/c1-14(2,3)11-10-12(16)18-13(17-11)15(19-4)8-6-5-7-9-15/h10H,5-9H2,1-4H3,(H2,16,17,18). The van der Waals surface area contributed by atoms with Gasteiger partial charge < -0.3 is 10.5 Å². The van der Waals surface area contributed by atoms with Gasteiger partial charge in [0, 0.05) is 18.6 Å². The zero-order valence-electron chi connectivity index (χ0n) is 12.5. The number of nitrogen functional groups attached to an aromatic ring is 1. The van der Waals surface area contributed by atoms with E-state index in [0.717, 1.165) is 37.2 Å². The molecule has 1 aromatic heterocycles. The largest absolute Gasteiger partial charge is 0.384 e. The van der Waals surface area contributed by atoms with E-state index in [1.807, 2.05) is 6.07 Å². The van der Waals surface area contributed by atoms with Gasteiger partial charge in [-0.05, 0) is 12.8 Å². The summed E-state index contributed by atoms with van der Waals surface area (Å²) < 4.78 is 5.81. The van der Waals surface area contributed by atoms with Crippen molar-refractivity contribution in [3.05, 3.63) is 17.6 Å². The lowest BCUT2D eigenvalue weighted by atomic mass is 9.83. The molecule has 4 heteroatoms. The van der Waals surface area contributed by atoms with Crippen LogP contribution in [0.4, 0.5) is 5.82 Å². The van der Waals surface area contributed by atoms with Gasteiger partial charge in [-0.1, -0.05) is 40.0 Å². The van der Waals surface area contributed by atoms with Crippen LogP contribution in [0.5, 0.6) is 0 Å². The third-order valence-corrected chi connectivity index (χ3v) is 3.97. The summed E-state index contributed by atoms with van der Waals surface area (Å²) in [6.07, 6.45) is 5.56. The summed E-state index contributed by atoms with van der Waals surface area (Å²) in [5, 5.41) is 0. The van der Waals surface area contributed by atoms with E-state index in [0.29, 0.717) is 5.82 Å². The second kappa shape index (κ2) is 5.08. The molecule has 0 unspecified atom stereocenters. The van der Waals surface area contributed by atoms with Crippen LogP contribution in [-0.4, -0.2) is 17.1 Å². The zero-order valence-corrected chi connectivity index (χ0v) is 12.5. The molecule has 106 valence electrons. The molecule has 0 atom stereocenters. The molecule has 0 radical (unpaired) electrons. The second-order valence-electron chi connectivity index (χ2n) is 6.51. The number of nitrogens with two attached hydrogens (primary N) is 1. The van der Waals surface area contributed by atoms with E-state index in [4.69, 9.17) is 15.5 Å². The first kappa shape index (κ1) is 14.3. The minimum atomic E-state index is -0.340. The Bertz CT molecular complexity index is 445. The van der Waals surface area contributed by atoms with E-state index in [2.05, 4.69) is 25.8 Å². The lowest BCUT2D eigenvalue weighted by Crippen LogP contribution is -2.34. The molecule has 1 saturated carbocycles. The fourth-order valence-electron chi connectivity index (χ4n) is 2.70. The molecule has 2 N–H and O–H groups in total. The molecule has 1 aliphatic carbocycles. The Hall–Kier alpha value is -1.16. The highest BCUT2D eigenvalue weighted by Gasteiger charge is 2.37. The molecule has 0 aliphatic heterocycles. The Labute approximate surface area is 115 Å². The normalized spacial score (nSPS) is 19.4. The quantitative estimate of drug-likeness (QED) is 0.890. The summed E-state index contributed by atoms with van der Waals surface area (Å²) in [4.78, 5) is 9.21. The summed E-state index contributed by atoms with van der Waals surface area (Å²) in [5.41, 5.74) is 6.58. The highest BCUT2D eigenvalue weighted by molar-refractivity contribution is 5.34. The van der Waals surface area contributed by atoms with Gasteiger partial charge in [-0.3, -0.25) is 0 Å². The van der Waals surface area contributed by atoms with Gasteiger partial charge in [0.05, 0.1) is 5.69 Å². The molecule has 1 aliphatic rings. The minimum absolute atomic E-state index is 0.0323. The van der Waals surface area contributed by atoms with Gasteiger partial charge in [0.15, 0.2) is 5.82 Å².